The molecule has 0 atom stereocenters. The maximum Gasteiger partial charge on any atom is 0.266 e. The highest BCUT2D eigenvalue weighted by Crippen LogP contribution is 2.35. The number of carbonyl (C=O) groups is 1. The Bertz CT molecular complexity index is 886. The van der Waals surface area contributed by atoms with Crippen LogP contribution < -0.4 is 14.8 Å². The molecule has 0 saturated carbocycles. The van der Waals surface area contributed by atoms with Crippen molar-refractivity contribution in [2.45, 2.75) is 6.92 Å². The number of nitriles is 1. The fourth-order valence-electron chi connectivity index (χ4n) is 2.22. The van der Waals surface area contributed by atoms with E-state index in [0.29, 0.717) is 40.4 Å². The van der Waals surface area contributed by atoms with E-state index in [9.17, 15) is 10.1 Å². The van der Waals surface area contributed by atoms with Crippen LogP contribution in [0.3, 0.4) is 0 Å². The molecule has 0 heterocycles. The molecule has 138 valence electrons. The lowest BCUT2D eigenvalue weighted by Crippen LogP contribution is -2.13. The van der Waals surface area contributed by atoms with Crippen LogP contribution in [-0.4, -0.2) is 19.1 Å². The smallest absolute Gasteiger partial charge is 0.266 e. The van der Waals surface area contributed by atoms with Crippen LogP contribution in [-0.2, 0) is 4.79 Å². The van der Waals surface area contributed by atoms with Gasteiger partial charge in [0, 0.05) is 10.2 Å². The van der Waals surface area contributed by atoms with E-state index in [2.05, 4.69) is 27.8 Å². The third kappa shape index (κ3) is 5.73. The molecule has 0 aromatic heterocycles. The summed E-state index contributed by atoms with van der Waals surface area (Å²) in [6.45, 7) is 6.28. The van der Waals surface area contributed by atoms with E-state index in [1.807, 2.05) is 19.1 Å². The van der Waals surface area contributed by atoms with E-state index in [4.69, 9.17) is 9.47 Å². The third-order valence-electron chi connectivity index (χ3n) is 3.42. The second-order valence-corrected chi connectivity index (χ2v) is 6.20. The summed E-state index contributed by atoms with van der Waals surface area (Å²) in [7, 11) is 0. The van der Waals surface area contributed by atoms with Gasteiger partial charge < -0.3 is 14.8 Å². The molecular formula is C21H19BrN2O3. The molecule has 5 nitrogen and oxygen atoms in total. The van der Waals surface area contributed by atoms with Gasteiger partial charge in [0.15, 0.2) is 11.5 Å². The topological polar surface area (TPSA) is 71.3 Å². The number of hydrogen-bond acceptors (Lipinski definition) is 4. The molecule has 0 spiro atoms. The summed E-state index contributed by atoms with van der Waals surface area (Å²) in [5, 5.41) is 12.1. The number of hydrogen-bond donors (Lipinski definition) is 1. The van der Waals surface area contributed by atoms with Crippen molar-refractivity contribution in [3.05, 3.63) is 70.7 Å². The van der Waals surface area contributed by atoms with Gasteiger partial charge in [-0.15, -0.1) is 0 Å². The molecule has 27 heavy (non-hydrogen) atoms. The first kappa shape index (κ1) is 20.3. The number of nitrogens with one attached hydrogen (secondary N) is 1. The van der Waals surface area contributed by atoms with E-state index >= 15 is 0 Å². The van der Waals surface area contributed by atoms with Gasteiger partial charge in [0.2, 0.25) is 0 Å². The molecule has 0 aliphatic carbocycles. The van der Waals surface area contributed by atoms with Crippen molar-refractivity contribution >= 4 is 33.6 Å². The van der Waals surface area contributed by atoms with Crippen molar-refractivity contribution in [2.24, 2.45) is 0 Å². The molecule has 6 heteroatoms. The van der Waals surface area contributed by atoms with Gasteiger partial charge in [-0.1, -0.05) is 46.8 Å². The fourth-order valence-corrected chi connectivity index (χ4v) is 2.65. The van der Waals surface area contributed by atoms with Crippen molar-refractivity contribution in [3.63, 3.8) is 0 Å². The van der Waals surface area contributed by atoms with Crippen molar-refractivity contribution in [3.8, 4) is 17.6 Å². The highest BCUT2D eigenvalue weighted by molar-refractivity contribution is 9.10. The average Bonchev–Trinajstić information content (AvgIpc) is 2.67. The lowest BCUT2D eigenvalue weighted by molar-refractivity contribution is -0.112. The molecule has 0 aliphatic rings. The summed E-state index contributed by atoms with van der Waals surface area (Å²) in [4.78, 5) is 12.4. The lowest BCUT2D eigenvalue weighted by atomic mass is 10.1. The first-order chi connectivity index (χ1) is 13.1. The molecule has 1 N–H and O–H groups in total. The van der Waals surface area contributed by atoms with E-state index < -0.39 is 5.91 Å². The van der Waals surface area contributed by atoms with Crippen molar-refractivity contribution in [1.29, 1.82) is 5.26 Å². The normalized spacial score (nSPS) is 10.6. The van der Waals surface area contributed by atoms with E-state index in [-0.39, 0.29) is 5.57 Å². The zero-order valence-electron chi connectivity index (χ0n) is 14.9. The summed E-state index contributed by atoms with van der Waals surface area (Å²) in [5.41, 5.74) is 1.22. The minimum Gasteiger partial charge on any atom is -0.490 e. The Morgan fingerprint density at radius 3 is 2.59 bits per heavy atom. The summed E-state index contributed by atoms with van der Waals surface area (Å²) in [5.74, 6) is 0.586. The number of carbonyl (C=O) groups excluding carboxylic acids is 1. The van der Waals surface area contributed by atoms with Crippen LogP contribution in [0.2, 0.25) is 0 Å². The molecule has 0 unspecified atom stereocenters. The number of ether oxygens (including phenoxy) is 2. The van der Waals surface area contributed by atoms with E-state index in [1.54, 1.807) is 42.5 Å². The Labute approximate surface area is 167 Å². The Morgan fingerprint density at radius 2 is 1.96 bits per heavy atom. The minimum absolute atomic E-state index is 0.0261. The lowest BCUT2D eigenvalue weighted by Gasteiger charge is -2.13. The number of para-hydroxylation sites is 1. The molecular weight excluding hydrogens is 408 g/mol. The summed E-state index contributed by atoms with van der Waals surface area (Å²) in [6, 6.07) is 14.4. The van der Waals surface area contributed by atoms with Crippen LogP contribution in [0.15, 0.2) is 65.2 Å². The molecule has 0 aliphatic heterocycles. The van der Waals surface area contributed by atoms with Gasteiger partial charge >= 0.3 is 0 Å². The van der Waals surface area contributed by atoms with Crippen LogP contribution in [0.25, 0.3) is 6.08 Å². The second-order valence-electron chi connectivity index (χ2n) is 5.34. The summed E-state index contributed by atoms with van der Waals surface area (Å²) in [6.07, 6.45) is 3.14. The Hall–Kier alpha value is -3.04. The van der Waals surface area contributed by atoms with Crippen LogP contribution in [0.1, 0.15) is 12.5 Å². The largest absolute Gasteiger partial charge is 0.490 e. The summed E-state index contributed by atoms with van der Waals surface area (Å²) < 4.78 is 11.9. The minimum atomic E-state index is -0.486. The average molecular weight is 427 g/mol. The SMILES string of the molecule is C=CCOc1cc(Br)c(/C=C(\C#N)C(=O)Nc2ccccc2)cc1OCC. The van der Waals surface area contributed by atoms with Gasteiger partial charge in [0.1, 0.15) is 18.2 Å². The van der Waals surface area contributed by atoms with E-state index in [0.717, 1.165) is 0 Å². The standard InChI is InChI=1S/C21H19BrN2O3/c1-3-10-27-20-13-18(22)15(12-19(20)26-4-2)11-16(14-23)21(25)24-17-8-6-5-7-9-17/h3,5-9,11-13H,1,4,10H2,2H3,(H,24,25)/b16-11+. The number of halogens is 1. The molecule has 2 rings (SSSR count). The first-order valence-electron chi connectivity index (χ1n) is 8.27. The number of anilines is 1. The summed E-state index contributed by atoms with van der Waals surface area (Å²) >= 11 is 3.45. The maximum atomic E-state index is 12.4. The quantitative estimate of drug-likeness (QED) is 0.367. The van der Waals surface area contributed by atoms with Gasteiger partial charge in [0.05, 0.1) is 6.61 Å². The van der Waals surface area contributed by atoms with E-state index in [1.165, 1.54) is 6.08 Å². The monoisotopic (exact) mass is 426 g/mol. The zero-order valence-corrected chi connectivity index (χ0v) is 16.5. The van der Waals surface area contributed by atoms with Gasteiger partial charge in [0.25, 0.3) is 5.91 Å². The van der Waals surface area contributed by atoms with Crippen LogP contribution in [0.4, 0.5) is 5.69 Å². The van der Waals surface area contributed by atoms with Gasteiger partial charge in [-0.3, -0.25) is 4.79 Å². The van der Waals surface area contributed by atoms with Crippen molar-refractivity contribution < 1.29 is 14.3 Å². The molecule has 2 aromatic carbocycles. The molecule has 0 fully saturated rings. The fraction of sp³-hybridized carbons (Fsp3) is 0.143. The Morgan fingerprint density at radius 1 is 1.26 bits per heavy atom. The Balaban J connectivity index is 2.33. The number of nitrogens with zero attached hydrogens (tertiary/aromatic N) is 1. The highest BCUT2D eigenvalue weighted by atomic mass is 79.9. The number of amides is 1. The predicted molar refractivity (Wildman–Crippen MR) is 110 cm³/mol. The first-order valence-corrected chi connectivity index (χ1v) is 9.06. The predicted octanol–water partition coefficient (Wildman–Crippen LogP) is 4.96. The van der Waals surface area contributed by atoms with Crippen LogP contribution in [0, 0.1) is 11.3 Å². The molecule has 2 aromatic rings. The van der Waals surface area contributed by atoms with Crippen molar-refractivity contribution in [2.75, 3.05) is 18.5 Å². The van der Waals surface area contributed by atoms with Crippen LogP contribution >= 0.6 is 15.9 Å². The number of benzene rings is 2. The van der Waals surface area contributed by atoms with Gasteiger partial charge in [-0.25, -0.2) is 0 Å². The highest BCUT2D eigenvalue weighted by Gasteiger charge is 2.14. The molecule has 1 amide bonds. The number of rotatable bonds is 8. The van der Waals surface area contributed by atoms with Gasteiger partial charge in [-0.2, -0.15) is 5.26 Å². The molecule has 0 saturated heterocycles. The zero-order chi connectivity index (χ0) is 19.6. The Kier molecular flexibility index (Phi) is 7.65. The molecule has 0 radical (unpaired) electrons. The van der Waals surface area contributed by atoms with Crippen molar-refractivity contribution in [1.82, 2.24) is 0 Å². The third-order valence-corrected chi connectivity index (χ3v) is 4.10. The maximum absolute atomic E-state index is 12.4. The van der Waals surface area contributed by atoms with Gasteiger partial charge in [-0.05, 0) is 42.8 Å². The molecule has 0 bridgehead atoms. The second kappa shape index (κ2) is 10.2. The van der Waals surface area contributed by atoms with Crippen LogP contribution in [0.5, 0.6) is 11.5 Å².